The van der Waals surface area contributed by atoms with E-state index in [1.165, 1.54) is 12.1 Å². The van der Waals surface area contributed by atoms with Crippen LogP contribution < -0.4 is 15.8 Å². The fourth-order valence-electron chi connectivity index (χ4n) is 2.54. The van der Waals surface area contributed by atoms with Gasteiger partial charge in [0.2, 0.25) is 0 Å². The van der Waals surface area contributed by atoms with Crippen LogP contribution in [-0.2, 0) is 4.74 Å². The first-order valence-corrected chi connectivity index (χ1v) is 8.16. The summed E-state index contributed by atoms with van der Waals surface area (Å²) in [6, 6.07) is 12.1. The molecule has 1 heterocycles. The molecule has 2 aromatic carbocycles. The fourth-order valence-corrected chi connectivity index (χ4v) is 2.54. The molecule has 1 aliphatic heterocycles. The van der Waals surface area contributed by atoms with Crippen LogP contribution >= 0.6 is 0 Å². The van der Waals surface area contributed by atoms with Gasteiger partial charge in [-0.15, -0.1) is 13.2 Å². The van der Waals surface area contributed by atoms with Crippen molar-refractivity contribution in [2.24, 2.45) is 10.7 Å². The van der Waals surface area contributed by atoms with E-state index in [9.17, 15) is 13.2 Å². The molecule has 8 heteroatoms. The van der Waals surface area contributed by atoms with Crippen molar-refractivity contribution in [3.63, 3.8) is 0 Å². The van der Waals surface area contributed by atoms with Crippen molar-refractivity contribution in [2.75, 3.05) is 11.9 Å². The number of ether oxygens (including phenoxy) is 2. The molecule has 0 spiro atoms. The van der Waals surface area contributed by atoms with Gasteiger partial charge in [0.1, 0.15) is 18.4 Å². The Morgan fingerprint density at radius 1 is 1.19 bits per heavy atom. The zero-order chi connectivity index (χ0) is 19.4. The number of anilines is 2. The summed E-state index contributed by atoms with van der Waals surface area (Å²) in [5, 5.41) is 3.15. The summed E-state index contributed by atoms with van der Waals surface area (Å²) in [5.41, 5.74) is 8.30. The molecule has 0 amide bonds. The van der Waals surface area contributed by atoms with E-state index in [0.29, 0.717) is 17.9 Å². The van der Waals surface area contributed by atoms with Crippen LogP contribution in [0, 0.1) is 6.92 Å². The molecular weight excluding hydrogens is 359 g/mol. The molecule has 3 rings (SSSR count). The Morgan fingerprint density at radius 3 is 2.48 bits per heavy atom. The van der Waals surface area contributed by atoms with Gasteiger partial charge < -0.3 is 20.5 Å². The average Bonchev–Trinajstić information content (AvgIpc) is 3.01. The molecule has 0 aliphatic carbocycles. The average molecular weight is 377 g/mol. The lowest BCUT2D eigenvalue weighted by Crippen LogP contribution is -2.17. The van der Waals surface area contributed by atoms with Crippen LogP contribution in [0.2, 0.25) is 0 Å². The second-order valence-corrected chi connectivity index (χ2v) is 5.98. The predicted molar refractivity (Wildman–Crippen MR) is 98.0 cm³/mol. The summed E-state index contributed by atoms with van der Waals surface area (Å²) in [6.07, 6.45) is -0.872. The first-order chi connectivity index (χ1) is 12.8. The van der Waals surface area contributed by atoms with Gasteiger partial charge in [-0.05, 0) is 48.4 Å². The molecule has 0 radical (unpaired) electrons. The van der Waals surface area contributed by atoms with Gasteiger partial charge >= 0.3 is 6.36 Å². The van der Waals surface area contributed by atoms with Gasteiger partial charge in [-0.2, -0.15) is 0 Å². The zero-order valence-electron chi connectivity index (χ0n) is 14.5. The summed E-state index contributed by atoms with van der Waals surface area (Å²) in [7, 11) is 0. The van der Waals surface area contributed by atoms with E-state index in [-0.39, 0.29) is 17.8 Å². The summed E-state index contributed by atoms with van der Waals surface area (Å²) < 4.78 is 46.0. The quantitative estimate of drug-likeness (QED) is 0.812. The van der Waals surface area contributed by atoms with Gasteiger partial charge in [0.05, 0.1) is 0 Å². The largest absolute Gasteiger partial charge is 0.573 e. The summed E-state index contributed by atoms with van der Waals surface area (Å²) in [6.45, 7) is 2.00. The van der Waals surface area contributed by atoms with Crippen LogP contribution in [0.3, 0.4) is 0 Å². The van der Waals surface area contributed by atoms with Gasteiger partial charge in [-0.1, -0.05) is 24.3 Å². The first kappa shape index (κ1) is 18.6. The van der Waals surface area contributed by atoms with Crippen molar-refractivity contribution < 1.29 is 22.6 Å². The molecule has 1 aliphatic rings. The highest BCUT2D eigenvalue weighted by Gasteiger charge is 2.31. The van der Waals surface area contributed by atoms with E-state index in [4.69, 9.17) is 10.5 Å². The van der Waals surface area contributed by atoms with E-state index in [1.807, 2.05) is 36.4 Å². The number of aryl methyl sites for hydroxylation is 1. The van der Waals surface area contributed by atoms with Crippen LogP contribution in [-0.4, -0.2) is 25.0 Å². The van der Waals surface area contributed by atoms with Crippen molar-refractivity contribution in [1.82, 2.24) is 0 Å². The van der Waals surface area contributed by atoms with Crippen LogP contribution in [0.1, 0.15) is 11.1 Å². The molecule has 0 fully saturated rings. The van der Waals surface area contributed by atoms with Crippen LogP contribution in [0.5, 0.6) is 5.75 Å². The smallest absolute Gasteiger partial charge is 0.463 e. The highest BCUT2D eigenvalue weighted by molar-refractivity contribution is 5.73. The molecule has 2 aromatic rings. The number of alkyl halides is 3. The Bertz CT molecular complexity index is 861. The number of halogens is 3. The monoisotopic (exact) mass is 377 g/mol. The number of nitrogens with two attached hydrogens (primary N) is 1. The van der Waals surface area contributed by atoms with E-state index in [1.54, 1.807) is 13.0 Å². The summed E-state index contributed by atoms with van der Waals surface area (Å²) in [5.74, 6) is -0.215. The number of amidine groups is 1. The Labute approximate surface area is 154 Å². The van der Waals surface area contributed by atoms with Gasteiger partial charge in [0.15, 0.2) is 0 Å². The third-order valence-corrected chi connectivity index (χ3v) is 3.81. The van der Waals surface area contributed by atoms with Gasteiger partial charge in [0.25, 0.3) is 6.02 Å². The molecule has 142 valence electrons. The minimum Gasteiger partial charge on any atom is -0.463 e. The molecule has 0 bridgehead atoms. The standard InChI is InChI=1S/C19H18F3N3O2/c1-12-10-15(8-9-17(12)27-19(20,21)22)24-14-5-2-13(3-6-14)4-7-16-11-26-18(23)25-16/h2-10,16,24H,11H2,1H3,(H2,23,25). The third kappa shape index (κ3) is 5.40. The summed E-state index contributed by atoms with van der Waals surface area (Å²) in [4.78, 5) is 4.11. The Hall–Kier alpha value is -3.16. The minimum atomic E-state index is -4.70. The van der Waals surface area contributed by atoms with Crippen LogP contribution in [0.25, 0.3) is 6.08 Å². The lowest BCUT2D eigenvalue weighted by atomic mass is 10.1. The number of hydrogen-bond donors (Lipinski definition) is 2. The fraction of sp³-hybridized carbons (Fsp3) is 0.211. The maximum atomic E-state index is 12.3. The number of rotatable bonds is 5. The molecule has 3 N–H and O–H groups in total. The van der Waals surface area contributed by atoms with Crippen molar-refractivity contribution in [2.45, 2.75) is 19.3 Å². The second kappa shape index (κ2) is 7.61. The number of hydrogen-bond acceptors (Lipinski definition) is 5. The highest BCUT2D eigenvalue weighted by atomic mass is 19.4. The predicted octanol–water partition coefficient (Wildman–Crippen LogP) is 4.36. The number of nitrogens with one attached hydrogen (secondary N) is 1. The lowest BCUT2D eigenvalue weighted by Gasteiger charge is -2.13. The Balaban J connectivity index is 1.63. The molecule has 0 saturated carbocycles. The number of aliphatic imine (C=N–C) groups is 1. The van der Waals surface area contributed by atoms with Gasteiger partial charge in [-0.25, -0.2) is 4.99 Å². The molecule has 1 atom stereocenters. The van der Waals surface area contributed by atoms with E-state index in [2.05, 4.69) is 15.0 Å². The topological polar surface area (TPSA) is 68.9 Å². The zero-order valence-corrected chi connectivity index (χ0v) is 14.5. The highest BCUT2D eigenvalue weighted by Crippen LogP contribution is 2.29. The Morgan fingerprint density at radius 2 is 1.89 bits per heavy atom. The SMILES string of the molecule is Cc1cc(Nc2ccc(C=CC3COC(N)=N3)cc2)ccc1OC(F)(F)F. The van der Waals surface area contributed by atoms with Crippen molar-refractivity contribution in [1.29, 1.82) is 0 Å². The van der Waals surface area contributed by atoms with Crippen LogP contribution in [0.4, 0.5) is 24.5 Å². The van der Waals surface area contributed by atoms with E-state index in [0.717, 1.165) is 11.3 Å². The minimum absolute atomic E-state index is 0.0804. The number of nitrogens with zero attached hydrogens (tertiary/aromatic N) is 1. The molecular formula is C19H18F3N3O2. The first-order valence-electron chi connectivity index (χ1n) is 8.16. The van der Waals surface area contributed by atoms with Crippen molar-refractivity contribution >= 4 is 23.5 Å². The van der Waals surface area contributed by atoms with E-state index < -0.39 is 6.36 Å². The van der Waals surface area contributed by atoms with Crippen molar-refractivity contribution in [3.05, 3.63) is 59.7 Å². The van der Waals surface area contributed by atoms with Crippen molar-refractivity contribution in [3.8, 4) is 5.75 Å². The van der Waals surface area contributed by atoms with E-state index >= 15 is 0 Å². The Kier molecular flexibility index (Phi) is 5.25. The maximum Gasteiger partial charge on any atom is 0.573 e. The van der Waals surface area contributed by atoms with Gasteiger partial charge in [0, 0.05) is 11.4 Å². The normalized spacial score (nSPS) is 16.9. The van der Waals surface area contributed by atoms with Crippen LogP contribution in [0.15, 0.2) is 53.5 Å². The summed E-state index contributed by atoms with van der Waals surface area (Å²) >= 11 is 0. The third-order valence-electron chi connectivity index (χ3n) is 3.81. The lowest BCUT2D eigenvalue weighted by molar-refractivity contribution is -0.274. The molecule has 5 nitrogen and oxygen atoms in total. The molecule has 27 heavy (non-hydrogen) atoms. The maximum absolute atomic E-state index is 12.3. The second-order valence-electron chi connectivity index (χ2n) is 5.98. The molecule has 0 aromatic heterocycles. The number of benzene rings is 2. The van der Waals surface area contributed by atoms with Gasteiger partial charge in [-0.3, -0.25) is 0 Å². The molecule has 1 unspecified atom stereocenters. The molecule has 0 saturated heterocycles.